The van der Waals surface area contributed by atoms with Crippen molar-refractivity contribution in [3.63, 3.8) is 0 Å². The molecular formula is C27H34FN5O4. The Bertz CT molecular complexity index is 1130. The second kappa shape index (κ2) is 11.2. The van der Waals surface area contributed by atoms with Crippen molar-refractivity contribution in [2.45, 2.75) is 26.3 Å². The van der Waals surface area contributed by atoms with Crippen LogP contribution in [0.5, 0.6) is 0 Å². The SMILES string of the molecule is CC(C)(C)NC(=O)N1CCN(c2ccc(NC(=O)c3ccc(F)cc3)cc2C(=O)N2CCOCC2)CC1. The predicted octanol–water partition coefficient (Wildman–Crippen LogP) is 3.18. The Morgan fingerprint density at radius 3 is 2.14 bits per heavy atom. The van der Waals surface area contributed by atoms with Crippen LogP contribution in [0, 0.1) is 5.82 Å². The number of halogens is 1. The number of urea groups is 1. The smallest absolute Gasteiger partial charge is 0.317 e. The van der Waals surface area contributed by atoms with E-state index in [-0.39, 0.29) is 17.5 Å². The van der Waals surface area contributed by atoms with Crippen LogP contribution < -0.4 is 15.5 Å². The van der Waals surface area contributed by atoms with Gasteiger partial charge in [-0.3, -0.25) is 9.59 Å². The van der Waals surface area contributed by atoms with Gasteiger partial charge in [-0.15, -0.1) is 0 Å². The fourth-order valence-electron chi connectivity index (χ4n) is 4.35. The third kappa shape index (κ3) is 6.76. The number of anilines is 2. The molecule has 2 aromatic carbocycles. The number of piperazine rings is 1. The van der Waals surface area contributed by atoms with Crippen LogP contribution in [0.15, 0.2) is 42.5 Å². The van der Waals surface area contributed by atoms with Crippen molar-refractivity contribution in [2.24, 2.45) is 0 Å². The van der Waals surface area contributed by atoms with Gasteiger partial charge >= 0.3 is 6.03 Å². The lowest BCUT2D eigenvalue weighted by atomic mass is 10.1. The molecule has 9 nitrogen and oxygen atoms in total. The summed E-state index contributed by atoms with van der Waals surface area (Å²) in [6, 6.07) is 10.5. The van der Waals surface area contributed by atoms with Crippen molar-refractivity contribution in [1.29, 1.82) is 0 Å². The topological polar surface area (TPSA) is 94.2 Å². The third-order valence-electron chi connectivity index (χ3n) is 6.28. The summed E-state index contributed by atoms with van der Waals surface area (Å²) in [4.78, 5) is 44.5. The Hall–Kier alpha value is -3.66. The van der Waals surface area contributed by atoms with Crippen LogP contribution in [0.4, 0.5) is 20.6 Å². The molecule has 198 valence electrons. The van der Waals surface area contributed by atoms with Gasteiger partial charge in [0.25, 0.3) is 11.8 Å². The largest absolute Gasteiger partial charge is 0.378 e. The summed E-state index contributed by atoms with van der Waals surface area (Å²) in [7, 11) is 0. The van der Waals surface area contributed by atoms with Crippen LogP contribution in [0.2, 0.25) is 0 Å². The fourth-order valence-corrected chi connectivity index (χ4v) is 4.35. The van der Waals surface area contributed by atoms with E-state index >= 15 is 0 Å². The molecule has 0 aliphatic carbocycles. The second-order valence-electron chi connectivity index (χ2n) is 10.3. The maximum atomic E-state index is 13.6. The molecule has 37 heavy (non-hydrogen) atoms. The minimum atomic E-state index is -0.421. The lowest BCUT2D eigenvalue weighted by Crippen LogP contribution is -2.55. The zero-order valence-electron chi connectivity index (χ0n) is 21.6. The highest BCUT2D eigenvalue weighted by Crippen LogP contribution is 2.28. The van der Waals surface area contributed by atoms with Gasteiger partial charge in [0, 0.05) is 61.7 Å². The van der Waals surface area contributed by atoms with E-state index in [1.54, 1.807) is 21.9 Å². The molecule has 0 spiro atoms. The van der Waals surface area contributed by atoms with Crippen LogP contribution >= 0.6 is 0 Å². The Morgan fingerprint density at radius 1 is 0.865 bits per heavy atom. The average molecular weight is 512 g/mol. The molecule has 2 aliphatic heterocycles. The molecule has 2 fully saturated rings. The van der Waals surface area contributed by atoms with Crippen LogP contribution in [0.3, 0.4) is 0 Å². The zero-order chi connectivity index (χ0) is 26.6. The number of benzene rings is 2. The summed E-state index contributed by atoms with van der Waals surface area (Å²) in [5.41, 5.74) is 1.70. The van der Waals surface area contributed by atoms with Crippen molar-refractivity contribution in [3.8, 4) is 0 Å². The van der Waals surface area contributed by atoms with E-state index in [1.807, 2.05) is 26.8 Å². The first kappa shape index (κ1) is 26.4. The van der Waals surface area contributed by atoms with Crippen molar-refractivity contribution in [2.75, 3.05) is 62.7 Å². The van der Waals surface area contributed by atoms with Crippen molar-refractivity contribution < 1.29 is 23.5 Å². The first-order valence-electron chi connectivity index (χ1n) is 12.5. The first-order chi connectivity index (χ1) is 17.6. The molecule has 0 atom stereocenters. The van der Waals surface area contributed by atoms with E-state index in [2.05, 4.69) is 15.5 Å². The summed E-state index contributed by atoms with van der Waals surface area (Å²) < 4.78 is 18.6. The maximum absolute atomic E-state index is 13.6. The number of ether oxygens (including phenoxy) is 1. The van der Waals surface area contributed by atoms with Crippen LogP contribution in [-0.4, -0.2) is 85.7 Å². The summed E-state index contributed by atoms with van der Waals surface area (Å²) in [6.45, 7) is 9.96. The Labute approximate surface area is 216 Å². The summed E-state index contributed by atoms with van der Waals surface area (Å²) in [5.74, 6) is -0.949. The predicted molar refractivity (Wildman–Crippen MR) is 140 cm³/mol. The van der Waals surface area contributed by atoms with E-state index in [9.17, 15) is 18.8 Å². The number of amides is 4. The summed E-state index contributed by atoms with van der Waals surface area (Å²) >= 11 is 0. The minimum absolute atomic E-state index is 0.101. The van der Waals surface area contributed by atoms with Gasteiger partial charge in [0.15, 0.2) is 0 Å². The molecule has 2 heterocycles. The van der Waals surface area contributed by atoms with Crippen molar-refractivity contribution >= 4 is 29.2 Å². The van der Waals surface area contributed by atoms with Crippen LogP contribution in [-0.2, 0) is 4.74 Å². The molecule has 2 N–H and O–H groups in total. The fraction of sp³-hybridized carbons (Fsp3) is 0.444. The Kier molecular flexibility index (Phi) is 7.97. The highest BCUT2D eigenvalue weighted by molar-refractivity contribution is 6.06. The van der Waals surface area contributed by atoms with Gasteiger partial charge in [0.05, 0.1) is 18.8 Å². The van der Waals surface area contributed by atoms with Crippen molar-refractivity contribution in [3.05, 3.63) is 59.4 Å². The van der Waals surface area contributed by atoms with E-state index in [1.165, 1.54) is 24.3 Å². The lowest BCUT2D eigenvalue weighted by molar-refractivity contribution is 0.0303. The molecule has 2 aromatic rings. The number of carbonyl (C=O) groups is 3. The van der Waals surface area contributed by atoms with Gasteiger partial charge in [-0.1, -0.05) is 0 Å². The van der Waals surface area contributed by atoms with E-state index < -0.39 is 11.7 Å². The van der Waals surface area contributed by atoms with Gasteiger partial charge in [-0.2, -0.15) is 0 Å². The van der Waals surface area contributed by atoms with E-state index in [0.717, 1.165) is 5.69 Å². The number of carbonyl (C=O) groups excluding carboxylic acids is 3. The van der Waals surface area contributed by atoms with Crippen LogP contribution in [0.25, 0.3) is 0 Å². The summed E-state index contributed by atoms with van der Waals surface area (Å²) in [6.07, 6.45) is 0. The molecule has 4 rings (SSSR count). The highest BCUT2D eigenvalue weighted by atomic mass is 19.1. The van der Waals surface area contributed by atoms with Gasteiger partial charge in [-0.25, -0.2) is 9.18 Å². The number of nitrogens with zero attached hydrogens (tertiary/aromatic N) is 3. The van der Waals surface area contributed by atoms with Gasteiger partial charge in [-0.05, 0) is 63.2 Å². The number of nitrogens with one attached hydrogen (secondary N) is 2. The van der Waals surface area contributed by atoms with Crippen molar-refractivity contribution in [1.82, 2.24) is 15.1 Å². The number of morpholine rings is 1. The minimum Gasteiger partial charge on any atom is -0.378 e. The van der Waals surface area contributed by atoms with Crippen LogP contribution in [0.1, 0.15) is 41.5 Å². The number of hydrogen-bond acceptors (Lipinski definition) is 5. The Balaban J connectivity index is 1.54. The number of hydrogen-bond donors (Lipinski definition) is 2. The average Bonchev–Trinajstić information content (AvgIpc) is 2.88. The normalized spacial score (nSPS) is 16.4. The molecule has 10 heteroatoms. The highest BCUT2D eigenvalue weighted by Gasteiger charge is 2.28. The molecule has 2 aliphatic rings. The second-order valence-corrected chi connectivity index (χ2v) is 10.3. The molecule has 0 saturated carbocycles. The molecule has 4 amide bonds. The lowest BCUT2D eigenvalue weighted by Gasteiger charge is -2.38. The molecule has 0 bridgehead atoms. The summed E-state index contributed by atoms with van der Waals surface area (Å²) in [5, 5.41) is 5.81. The first-order valence-corrected chi connectivity index (χ1v) is 12.5. The molecule has 0 radical (unpaired) electrons. The third-order valence-corrected chi connectivity index (χ3v) is 6.28. The molecule has 0 aromatic heterocycles. The Morgan fingerprint density at radius 2 is 1.51 bits per heavy atom. The van der Waals surface area contributed by atoms with E-state index in [0.29, 0.717) is 69.3 Å². The number of rotatable bonds is 4. The van der Waals surface area contributed by atoms with Gasteiger partial charge in [0.2, 0.25) is 0 Å². The van der Waals surface area contributed by atoms with Gasteiger partial charge < -0.3 is 30.1 Å². The standard InChI is InChI=1S/C27H34FN5O4/c1-27(2,3)30-26(36)33-12-10-31(11-13-33)23-9-8-21(29-24(34)19-4-6-20(28)7-5-19)18-22(23)25(35)32-14-16-37-17-15-32/h4-9,18H,10-17H2,1-3H3,(H,29,34)(H,30,36). The van der Waals surface area contributed by atoms with Gasteiger partial charge in [0.1, 0.15) is 5.82 Å². The maximum Gasteiger partial charge on any atom is 0.317 e. The molecular weight excluding hydrogens is 477 g/mol. The zero-order valence-corrected chi connectivity index (χ0v) is 21.6. The quantitative estimate of drug-likeness (QED) is 0.658. The van der Waals surface area contributed by atoms with E-state index in [4.69, 9.17) is 4.74 Å². The molecule has 2 saturated heterocycles. The monoisotopic (exact) mass is 511 g/mol. The molecule has 0 unspecified atom stereocenters.